The van der Waals surface area contributed by atoms with E-state index in [0.717, 1.165) is 11.1 Å². The first-order valence-electron chi connectivity index (χ1n) is 10.1. The smallest absolute Gasteiger partial charge is 0.273 e. The number of hydrogen-bond donors (Lipinski definition) is 3. The van der Waals surface area contributed by atoms with Crippen LogP contribution in [0, 0.1) is 6.92 Å². The van der Waals surface area contributed by atoms with E-state index in [1.807, 2.05) is 26.0 Å². The molecule has 1 aliphatic heterocycles. The molecule has 2 aromatic carbocycles. The molecule has 0 spiro atoms. The van der Waals surface area contributed by atoms with E-state index >= 15 is 0 Å². The molecule has 0 bridgehead atoms. The maximum atomic E-state index is 13.2. The number of H-pyrrole nitrogens is 1. The van der Waals surface area contributed by atoms with E-state index in [9.17, 15) is 15.0 Å². The van der Waals surface area contributed by atoms with Gasteiger partial charge in [0.1, 0.15) is 17.1 Å². The molecule has 3 N–H and O–H groups in total. The van der Waals surface area contributed by atoms with Crippen molar-refractivity contribution in [3.63, 3.8) is 0 Å². The summed E-state index contributed by atoms with van der Waals surface area (Å²) >= 11 is 0. The Hall–Kier alpha value is -3.52. The highest BCUT2D eigenvalue weighted by Crippen LogP contribution is 2.45. The van der Waals surface area contributed by atoms with E-state index in [1.165, 1.54) is 0 Å². The van der Waals surface area contributed by atoms with Gasteiger partial charge in [0, 0.05) is 24.8 Å². The quantitative estimate of drug-likeness (QED) is 0.538. The number of aromatic amines is 1. The fraction of sp³-hybridized carbons (Fsp3) is 0.304. The topological polar surface area (TPSA) is 108 Å². The van der Waals surface area contributed by atoms with Gasteiger partial charge in [-0.3, -0.25) is 9.89 Å². The highest BCUT2D eigenvalue weighted by Gasteiger charge is 2.42. The number of aromatic nitrogens is 2. The molecule has 0 radical (unpaired) electrons. The molecule has 31 heavy (non-hydrogen) atoms. The Morgan fingerprint density at radius 3 is 2.68 bits per heavy atom. The molecule has 8 heteroatoms. The number of ether oxygens (including phenoxy) is 2. The van der Waals surface area contributed by atoms with Crippen LogP contribution in [-0.4, -0.2) is 58.1 Å². The van der Waals surface area contributed by atoms with Crippen molar-refractivity contribution in [1.29, 1.82) is 0 Å². The third-order valence-corrected chi connectivity index (χ3v) is 5.41. The van der Waals surface area contributed by atoms with E-state index in [0.29, 0.717) is 48.0 Å². The fourth-order valence-corrected chi connectivity index (χ4v) is 3.98. The zero-order valence-electron chi connectivity index (χ0n) is 17.7. The normalized spacial score (nSPS) is 15.4. The second-order valence-corrected chi connectivity index (χ2v) is 7.44. The molecule has 0 unspecified atom stereocenters. The number of fused-ring (bicyclic) bond motifs is 1. The highest BCUT2D eigenvalue weighted by atomic mass is 16.5. The molecule has 1 aliphatic rings. The minimum atomic E-state index is -0.480. The average Bonchev–Trinajstić information content (AvgIpc) is 3.29. The van der Waals surface area contributed by atoms with Crippen LogP contribution in [-0.2, 0) is 4.74 Å². The van der Waals surface area contributed by atoms with E-state index in [4.69, 9.17) is 9.47 Å². The molecule has 1 aromatic heterocycles. The number of benzene rings is 2. The summed E-state index contributed by atoms with van der Waals surface area (Å²) in [5.41, 5.74) is 3.84. The predicted molar refractivity (Wildman–Crippen MR) is 114 cm³/mol. The summed E-state index contributed by atoms with van der Waals surface area (Å²) < 4.78 is 10.8. The van der Waals surface area contributed by atoms with Crippen molar-refractivity contribution in [2.45, 2.75) is 19.9 Å². The average molecular weight is 423 g/mol. The lowest BCUT2D eigenvalue weighted by molar-refractivity contribution is 0.0677. The Morgan fingerprint density at radius 2 is 1.94 bits per heavy atom. The van der Waals surface area contributed by atoms with Gasteiger partial charge in [-0.15, -0.1) is 0 Å². The molecule has 0 aliphatic carbocycles. The van der Waals surface area contributed by atoms with Gasteiger partial charge in [0.2, 0.25) is 0 Å². The highest BCUT2D eigenvalue weighted by molar-refractivity contribution is 6.00. The molecule has 8 nitrogen and oxygen atoms in total. The number of phenolic OH excluding ortho intramolecular Hbond substituents is 2. The van der Waals surface area contributed by atoms with Crippen LogP contribution in [0.4, 0.5) is 0 Å². The first-order valence-corrected chi connectivity index (χ1v) is 10.1. The number of aromatic hydroxyl groups is 2. The monoisotopic (exact) mass is 423 g/mol. The van der Waals surface area contributed by atoms with Crippen LogP contribution >= 0.6 is 0 Å². The van der Waals surface area contributed by atoms with E-state index in [1.54, 1.807) is 36.3 Å². The SMILES string of the molecule is CCOc1cc([C@H]2c3c(-c4cc(C)ccc4O)n[nH]c3C(=O)N2CCOC)ccc1O. The molecule has 0 saturated carbocycles. The molecular weight excluding hydrogens is 398 g/mol. The van der Waals surface area contributed by atoms with Crippen molar-refractivity contribution < 1.29 is 24.5 Å². The van der Waals surface area contributed by atoms with Crippen molar-refractivity contribution >= 4 is 5.91 Å². The maximum absolute atomic E-state index is 13.2. The number of nitrogens with zero attached hydrogens (tertiary/aromatic N) is 2. The van der Waals surface area contributed by atoms with Gasteiger partial charge in [-0.1, -0.05) is 17.7 Å². The fourth-order valence-electron chi connectivity index (χ4n) is 3.98. The maximum Gasteiger partial charge on any atom is 0.273 e. The Labute approximate surface area is 180 Å². The Balaban J connectivity index is 1.89. The van der Waals surface area contributed by atoms with E-state index < -0.39 is 6.04 Å². The number of phenols is 2. The van der Waals surface area contributed by atoms with Crippen LogP contribution in [0.1, 0.15) is 40.1 Å². The van der Waals surface area contributed by atoms with Crippen molar-refractivity contribution in [3.8, 4) is 28.5 Å². The molecule has 0 fully saturated rings. The Bertz CT molecular complexity index is 1120. The van der Waals surface area contributed by atoms with Crippen LogP contribution in [0.5, 0.6) is 17.2 Å². The van der Waals surface area contributed by atoms with Gasteiger partial charge in [-0.05, 0) is 43.7 Å². The predicted octanol–water partition coefficient (Wildman–Crippen LogP) is 3.39. The minimum absolute atomic E-state index is 0.0299. The van der Waals surface area contributed by atoms with Gasteiger partial charge in [-0.2, -0.15) is 5.10 Å². The van der Waals surface area contributed by atoms with Crippen LogP contribution in [0.25, 0.3) is 11.3 Å². The van der Waals surface area contributed by atoms with Crippen LogP contribution < -0.4 is 4.74 Å². The minimum Gasteiger partial charge on any atom is -0.507 e. The van der Waals surface area contributed by atoms with Crippen molar-refractivity contribution in [2.75, 3.05) is 26.9 Å². The van der Waals surface area contributed by atoms with Gasteiger partial charge in [-0.25, -0.2) is 0 Å². The Kier molecular flexibility index (Phi) is 5.56. The summed E-state index contributed by atoms with van der Waals surface area (Å²) in [6, 6.07) is 9.85. The lowest BCUT2D eigenvalue weighted by Gasteiger charge is -2.26. The zero-order valence-corrected chi connectivity index (χ0v) is 17.7. The number of methoxy groups -OCH3 is 1. The Morgan fingerprint density at radius 1 is 1.16 bits per heavy atom. The van der Waals surface area contributed by atoms with Crippen molar-refractivity contribution in [1.82, 2.24) is 15.1 Å². The van der Waals surface area contributed by atoms with Gasteiger partial charge < -0.3 is 24.6 Å². The number of amides is 1. The summed E-state index contributed by atoms with van der Waals surface area (Å²) in [5.74, 6) is 0.259. The number of hydrogen-bond acceptors (Lipinski definition) is 6. The van der Waals surface area contributed by atoms with Crippen LogP contribution in [0.2, 0.25) is 0 Å². The van der Waals surface area contributed by atoms with E-state index in [2.05, 4.69) is 10.2 Å². The molecule has 4 rings (SSSR count). The van der Waals surface area contributed by atoms with Crippen LogP contribution in [0.3, 0.4) is 0 Å². The molecule has 162 valence electrons. The number of nitrogens with one attached hydrogen (secondary N) is 1. The van der Waals surface area contributed by atoms with Gasteiger partial charge in [0.25, 0.3) is 5.91 Å². The van der Waals surface area contributed by atoms with E-state index in [-0.39, 0.29) is 17.4 Å². The van der Waals surface area contributed by atoms with Crippen LogP contribution in [0.15, 0.2) is 36.4 Å². The van der Waals surface area contributed by atoms with Gasteiger partial charge in [0.05, 0.1) is 19.3 Å². The van der Waals surface area contributed by atoms with Gasteiger partial charge >= 0.3 is 0 Å². The lowest BCUT2D eigenvalue weighted by atomic mass is 9.95. The molecule has 1 amide bonds. The first-order chi connectivity index (χ1) is 15.0. The molecule has 2 heterocycles. The summed E-state index contributed by atoms with van der Waals surface area (Å²) in [7, 11) is 1.58. The third kappa shape index (κ3) is 3.59. The summed E-state index contributed by atoms with van der Waals surface area (Å²) in [6.07, 6.45) is 0. The largest absolute Gasteiger partial charge is 0.507 e. The first kappa shape index (κ1) is 20.7. The third-order valence-electron chi connectivity index (χ3n) is 5.41. The summed E-state index contributed by atoms with van der Waals surface area (Å²) in [4.78, 5) is 14.9. The summed E-state index contributed by atoms with van der Waals surface area (Å²) in [5, 5.41) is 27.9. The number of carbonyl (C=O) groups excluding carboxylic acids is 1. The number of aryl methyl sites for hydroxylation is 1. The molecule has 3 aromatic rings. The standard InChI is InChI=1S/C23H25N3O5/c1-4-31-18-12-14(6-8-17(18)28)22-19-20(15-11-13(2)5-7-16(15)27)24-25-21(19)23(29)26(22)9-10-30-3/h5-8,11-12,22,27-28H,4,9-10H2,1-3H3,(H,24,25)/t22-/m0/s1. The number of rotatable bonds is 7. The molecular formula is C23H25N3O5. The van der Waals surface area contributed by atoms with Gasteiger partial charge in [0.15, 0.2) is 11.5 Å². The van der Waals surface area contributed by atoms with Crippen molar-refractivity contribution in [3.05, 3.63) is 58.8 Å². The molecule has 0 saturated heterocycles. The zero-order chi connectivity index (χ0) is 22.1. The molecule has 1 atom stereocenters. The van der Waals surface area contributed by atoms with Crippen molar-refractivity contribution in [2.24, 2.45) is 0 Å². The second kappa shape index (κ2) is 8.31. The number of carbonyl (C=O) groups is 1. The lowest BCUT2D eigenvalue weighted by Crippen LogP contribution is -2.32. The summed E-state index contributed by atoms with van der Waals surface area (Å²) in [6.45, 7) is 4.89. The second-order valence-electron chi connectivity index (χ2n) is 7.44.